The molecule has 1 N–H and O–H groups in total. The standard InChI is InChI=1S/C18H22N2O4.ClH/c1-11-19-7-8-20(11)18(21)12-5-6-14-13(9-12)10-15(22-2)17(24-4)16(14)23-3;/h9-10H,5-8H2,1-4H3;1H. The summed E-state index contributed by atoms with van der Waals surface area (Å²) in [7, 11) is 4.81. The van der Waals surface area contributed by atoms with E-state index in [-0.39, 0.29) is 18.3 Å². The molecule has 1 amide bonds. The molecular weight excluding hydrogens is 344 g/mol. The van der Waals surface area contributed by atoms with Crippen molar-refractivity contribution in [3.63, 3.8) is 0 Å². The van der Waals surface area contributed by atoms with Gasteiger partial charge in [0.25, 0.3) is 0 Å². The highest BCUT2D eigenvalue weighted by Gasteiger charge is 2.33. The van der Waals surface area contributed by atoms with Crippen molar-refractivity contribution in [2.24, 2.45) is 0 Å². The lowest BCUT2D eigenvalue weighted by molar-refractivity contribution is -0.445. The minimum Gasteiger partial charge on any atom is -1.00 e. The van der Waals surface area contributed by atoms with Crippen molar-refractivity contribution in [2.75, 3.05) is 34.4 Å². The van der Waals surface area contributed by atoms with Crippen molar-refractivity contribution in [3.8, 4) is 17.2 Å². The van der Waals surface area contributed by atoms with E-state index in [0.29, 0.717) is 30.2 Å². The van der Waals surface area contributed by atoms with Crippen LogP contribution in [0.2, 0.25) is 0 Å². The molecule has 2 aliphatic rings. The number of ether oxygens (including phenoxy) is 3. The van der Waals surface area contributed by atoms with E-state index in [2.05, 4.69) is 4.99 Å². The second-order valence-corrected chi connectivity index (χ2v) is 5.85. The number of benzene rings is 1. The number of nitrogens with zero attached hydrogens (tertiary/aromatic N) is 1. The molecule has 0 saturated heterocycles. The average Bonchev–Trinajstić information content (AvgIpc) is 3.04. The summed E-state index contributed by atoms with van der Waals surface area (Å²) < 4.78 is 16.4. The third kappa shape index (κ3) is 3.31. The summed E-state index contributed by atoms with van der Waals surface area (Å²) in [6.07, 6.45) is 3.36. The van der Waals surface area contributed by atoms with E-state index in [1.165, 1.54) is 0 Å². The van der Waals surface area contributed by atoms with Crippen LogP contribution in [0.25, 0.3) is 6.08 Å². The van der Waals surface area contributed by atoms with Gasteiger partial charge < -0.3 is 26.6 Å². The minimum atomic E-state index is 0. The highest BCUT2D eigenvalue weighted by molar-refractivity contribution is 6.07. The van der Waals surface area contributed by atoms with Gasteiger partial charge in [-0.25, -0.2) is 4.79 Å². The molecule has 1 aliphatic heterocycles. The highest BCUT2D eigenvalue weighted by Crippen LogP contribution is 2.44. The number of rotatable bonds is 4. The molecule has 0 unspecified atom stereocenters. The maximum Gasteiger partial charge on any atom is 0.337 e. The summed E-state index contributed by atoms with van der Waals surface area (Å²) in [6, 6.07) is 1.90. The fourth-order valence-electron chi connectivity index (χ4n) is 3.35. The van der Waals surface area contributed by atoms with Gasteiger partial charge >= 0.3 is 5.91 Å². The molecule has 1 aliphatic carbocycles. The van der Waals surface area contributed by atoms with Crippen LogP contribution in [0, 0.1) is 0 Å². The van der Waals surface area contributed by atoms with Crippen LogP contribution in [0.3, 0.4) is 0 Å². The van der Waals surface area contributed by atoms with Gasteiger partial charge in [-0.15, -0.1) is 0 Å². The summed E-state index contributed by atoms with van der Waals surface area (Å²) >= 11 is 0. The van der Waals surface area contributed by atoms with Crippen molar-refractivity contribution in [1.29, 1.82) is 0 Å². The molecule has 1 aromatic carbocycles. The lowest BCUT2D eigenvalue weighted by Crippen LogP contribution is -3.00. The fraction of sp³-hybridized carbons (Fsp3) is 0.444. The summed E-state index contributed by atoms with van der Waals surface area (Å²) in [6.45, 7) is 3.45. The molecule has 25 heavy (non-hydrogen) atoms. The third-order valence-corrected chi connectivity index (χ3v) is 4.58. The Kier molecular flexibility index (Phi) is 5.95. The number of hydrogen-bond donors (Lipinski definition) is 1. The first-order valence-corrected chi connectivity index (χ1v) is 8.02. The Morgan fingerprint density at radius 2 is 1.84 bits per heavy atom. The molecule has 0 bridgehead atoms. The molecule has 0 saturated carbocycles. The van der Waals surface area contributed by atoms with E-state index in [4.69, 9.17) is 14.2 Å². The van der Waals surface area contributed by atoms with Crippen LogP contribution < -0.4 is 31.6 Å². The fourth-order valence-corrected chi connectivity index (χ4v) is 3.35. The van der Waals surface area contributed by atoms with Crippen molar-refractivity contribution >= 4 is 17.8 Å². The Morgan fingerprint density at radius 3 is 2.40 bits per heavy atom. The number of carbonyl (C=O) groups excluding carboxylic acids is 1. The van der Waals surface area contributed by atoms with Gasteiger partial charge in [0.1, 0.15) is 13.1 Å². The number of carbonyl (C=O) groups is 1. The third-order valence-electron chi connectivity index (χ3n) is 4.58. The first kappa shape index (κ1) is 19.1. The Hall–Kier alpha value is -2.21. The number of fused-ring (bicyclic) bond motifs is 1. The van der Waals surface area contributed by atoms with Gasteiger partial charge in [0.15, 0.2) is 11.5 Å². The van der Waals surface area contributed by atoms with Crippen LogP contribution in [0.4, 0.5) is 0 Å². The predicted octanol–water partition coefficient (Wildman–Crippen LogP) is -2.61. The molecule has 1 heterocycles. The van der Waals surface area contributed by atoms with Gasteiger partial charge in [0, 0.05) is 18.1 Å². The number of amidine groups is 1. The van der Waals surface area contributed by atoms with Gasteiger partial charge in [-0.1, -0.05) is 0 Å². The number of halogens is 1. The van der Waals surface area contributed by atoms with Crippen LogP contribution in [0.15, 0.2) is 11.6 Å². The monoisotopic (exact) mass is 366 g/mol. The Morgan fingerprint density at radius 1 is 1.12 bits per heavy atom. The van der Waals surface area contributed by atoms with Crippen LogP contribution in [-0.2, 0) is 11.2 Å². The normalized spacial score (nSPS) is 15.6. The van der Waals surface area contributed by atoms with Crippen molar-refractivity contribution < 1.29 is 36.4 Å². The molecule has 7 heteroatoms. The molecule has 3 rings (SSSR count). The van der Waals surface area contributed by atoms with Crippen LogP contribution in [0.1, 0.15) is 24.5 Å². The van der Waals surface area contributed by atoms with E-state index < -0.39 is 0 Å². The Balaban J connectivity index is 0.00000225. The second-order valence-electron chi connectivity index (χ2n) is 5.85. The van der Waals surface area contributed by atoms with E-state index in [9.17, 15) is 4.79 Å². The van der Waals surface area contributed by atoms with Crippen molar-refractivity contribution in [1.82, 2.24) is 4.90 Å². The topological polar surface area (TPSA) is 62.0 Å². The molecule has 136 valence electrons. The zero-order chi connectivity index (χ0) is 17.3. The van der Waals surface area contributed by atoms with E-state index in [1.54, 1.807) is 26.2 Å². The van der Waals surface area contributed by atoms with Crippen LogP contribution >= 0.6 is 0 Å². The molecular formula is C18H23ClN2O4. The van der Waals surface area contributed by atoms with Gasteiger partial charge in [0.2, 0.25) is 11.6 Å². The second kappa shape index (κ2) is 7.78. The summed E-state index contributed by atoms with van der Waals surface area (Å²) in [4.78, 5) is 17.8. The van der Waals surface area contributed by atoms with Crippen molar-refractivity contribution in [2.45, 2.75) is 19.8 Å². The zero-order valence-electron chi connectivity index (χ0n) is 14.9. The molecule has 0 fully saturated rings. The Bertz CT molecular complexity index is 743. The quantitative estimate of drug-likeness (QED) is 0.634. The average molecular weight is 367 g/mol. The zero-order valence-corrected chi connectivity index (χ0v) is 15.7. The molecule has 0 spiro atoms. The molecule has 0 radical (unpaired) electrons. The number of methoxy groups -OCH3 is 3. The lowest BCUT2D eigenvalue weighted by Gasteiger charge is -2.22. The van der Waals surface area contributed by atoms with Gasteiger partial charge in [0.05, 0.1) is 21.3 Å². The number of hydrogen-bond acceptors (Lipinski definition) is 4. The molecule has 0 atom stereocenters. The lowest BCUT2D eigenvalue weighted by atomic mass is 9.90. The molecule has 6 nitrogen and oxygen atoms in total. The largest absolute Gasteiger partial charge is 1.00 e. The maximum atomic E-state index is 12.8. The summed E-state index contributed by atoms with van der Waals surface area (Å²) in [5, 5.41) is 0. The van der Waals surface area contributed by atoms with Crippen LogP contribution in [-0.4, -0.2) is 51.1 Å². The van der Waals surface area contributed by atoms with Gasteiger partial charge in [-0.2, -0.15) is 4.90 Å². The Labute approximate surface area is 153 Å². The number of amides is 1. The smallest absolute Gasteiger partial charge is 0.337 e. The SMILES string of the molecule is COc1cc2c(c(OC)c1OC)CCC(C(=O)N1CC[NH+]=C1C)=C2.[Cl-]. The van der Waals surface area contributed by atoms with Crippen LogP contribution in [0.5, 0.6) is 17.2 Å². The van der Waals surface area contributed by atoms with E-state index >= 15 is 0 Å². The first-order chi connectivity index (χ1) is 11.6. The van der Waals surface area contributed by atoms with E-state index in [1.807, 2.05) is 19.1 Å². The predicted molar refractivity (Wildman–Crippen MR) is 90.6 cm³/mol. The van der Waals surface area contributed by atoms with Gasteiger partial charge in [-0.05, 0) is 30.5 Å². The highest BCUT2D eigenvalue weighted by atomic mass is 35.5. The number of nitrogens with one attached hydrogen (secondary N) is 1. The molecule has 1 aromatic rings. The van der Waals surface area contributed by atoms with Gasteiger partial charge in [-0.3, -0.25) is 4.99 Å². The summed E-state index contributed by atoms with van der Waals surface area (Å²) in [5.74, 6) is 2.85. The first-order valence-electron chi connectivity index (χ1n) is 8.02. The minimum absolute atomic E-state index is 0. The summed E-state index contributed by atoms with van der Waals surface area (Å²) in [5.41, 5.74) is 2.80. The van der Waals surface area contributed by atoms with Crippen molar-refractivity contribution in [3.05, 3.63) is 22.8 Å². The molecule has 0 aromatic heterocycles. The maximum absolute atomic E-state index is 12.8. The van der Waals surface area contributed by atoms with E-state index in [0.717, 1.165) is 35.5 Å².